The van der Waals surface area contributed by atoms with Crippen LogP contribution in [0.15, 0.2) is 0 Å². The number of ether oxygens (including phenoxy) is 1. The van der Waals surface area contributed by atoms with E-state index >= 15 is 0 Å². The van der Waals surface area contributed by atoms with Crippen LogP contribution in [0.1, 0.15) is 19.8 Å². The lowest BCUT2D eigenvalue weighted by molar-refractivity contribution is -0.139. The normalized spacial score (nSPS) is 19.5. The van der Waals surface area contributed by atoms with Gasteiger partial charge in [-0.3, -0.25) is 4.79 Å². The van der Waals surface area contributed by atoms with Crippen molar-refractivity contribution < 1.29 is 9.53 Å². The molecule has 1 atom stereocenters. The molecule has 3 nitrogen and oxygen atoms in total. The average molecular weight is 157 g/mol. The van der Waals surface area contributed by atoms with Gasteiger partial charge >= 0.3 is 5.97 Å². The molecular formula is C8H15NO2. The van der Waals surface area contributed by atoms with Gasteiger partial charge in [0, 0.05) is 6.04 Å². The Bertz CT molecular complexity index is 143. The van der Waals surface area contributed by atoms with Gasteiger partial charge in [-0.25, -0.2) is 0 Å². The summed E-state index contributed by atoms with van der Waals surface area (Å²) in [6, 6.07) is 0.467. The minimum atomic E-state index is -0.183. The first-order valence-electron chi connectivity index (χ1n) is 4.04. The molecule has 64 valence electrons. The molecule has 0 spiro atoms. The fourth-order valence-corrected chi connectivity index (χ4v) is 1.08. The van der Waals surface area contributed by atoms with E-state index < -0.39 is 0 Å². The number of carbonyl (C=O) groups excluding carboxylic acids is 1. The Morgan fingerprint density at radius 1 is 1.73 bits per heavy atom. The van der Waals surface area contributed by atoms with Crippen LogP contribution in [0.5, 0.6) is 0 Å². The fraction of sp³-hybridized carbons (Fsp3) is 0.875. The maximum absolute atomic E-state index is 10.7. The molecule has 0 radical (unpaired) electrons. The van der Waals surface area contributed by atoms with Crippen LogP contribution in [-0.2, 0) is 9.53 Å². The first kappa shape index (κ1) is 8.53. The quantitative estimate of drug-likeness (QED) is 0.605. The van der Waals surface area contributed by atoms with E-state index in [2.05, 4.69) is 17.0 Å². The van der Waals surface area contributed by atoms with Crippen molar-refractivity contribution in [3.8, 4) is 0 Å². The third-order valence-corrected chi connectivity index (χ3v) is 2.13. The number of methoxy groups -OCH3 is 1. The average Bonchev–Trinajstić information content (AvgIpc) is 2.81. The monoisotopic (exact) mass is 157 g/mol. The van der Waals surface area contributed by atoms with Gasteiger partial charge in [-0.15, -0.1) is 0 Å². The molecule has 1 saturated carbocycles. The van der Waals surface area contributed by atoms with E-state index in [-0.39, 0.29) is 5.97 Å². The molecule has 1 N–H and O–H groups in total. The number of hydrogen-bond acceptors (Lipinski definition) is 3. The number of esters is 1. The third kappa shape index (κ3) is 2.89. The molecule has 1 aliphatic carbocycles. The highest BCUT2D eigenvalue weighted by atomic mass is 16.5. The van der Waals surface area contributed by atoms with Crippen molar-refractivity contribution in [3.05, 3.63) is 0 Å². The second kappa shape index (κ2) is 3.72. The smallest absolute Gasteiger partial charge is 0.319 e. The van der Waals surface area contributed by atoms with Crippen molar-refractivity contribution in [2.24, 2.45) is 5.92 Å². The van der Waals surface area contributed by atoms with Gasteiger partial charge in [-0.05, 0) is 25.7 Å². The van der Waals surface area contributed by atoms with Crippen LogP contribution in [0.4, 0.5) is 0 Å². The molecule has 0 saturated heterocycles. The Balaban J connectivity index is 2.05. The van der Waals surface area contributed by atoms with Gasteiger partial charge in [-0.1, -0.05) is 0 Å². The van der Waals surface area contributed by atoms with E-state index in [9.17, 15) is 4.79 Å². The summed E-state index contributed by atoms with van der Waals surface area (Å²) in [5.74, 6) is 0.608. The van der Waals surface area contributed by atoms with Crippen molar-refractivity contribution >= 4 is 5.97 Å². The van der Waals surface area contributed by atoms with Crippen LogP contribution in [0.2, 0.25) is 0 Å². The second-order valence-electron chi connectivity index (χ2n) is 3.08. The Morgan fingerprint density at radius 2 is 2.36 bits per heavy atom. The molecule has 3 heteroatoms. The minimum absolute atomic E-state index is 0.183. The number of carbonyl (C=O) groups is 1. The Kier molecular flexibility index (Phi) is 2.88. The summed E-state index contributed by atoms with van der Waals surface area (Å²) in [7, 11) is 1.41. The van der Waals surface area contributed by atoms with Crippen molar-refractivity contribution in [3.63, 3.8) is 0 Å². The predicted molar refractivity (Wildman–Crippen MR) is 42.2 cm³/mol. The van der Waals surface area contributed by atoms with E-state index in [0.29, 0.717) is 12.6 Å². The SMILES string of the molecule is COC(=O)CNC(C)C1CC1. The lowest BCUT2D eigenvalue weighted by Crippen LogP contribution is -2.33. The van der Waals surface area contributed by atoms with Crippen molar-refractivity contribution in [2.75, 3.05) is 13.7 Å². The van der Waals surface area contributed by atoms with Crippen molar-refractivity contribution in [1.29, 1.82) is 0 Å². The summed E-state index contributed by atoms with van der Waals surface area (Å²) in [5, 5.41) is 3.12. The number of nitrogens with one attached hydrogen (secondary N) is 1. The third-order valence-electron chi connectivity index (χ3n) is 2.13. The van der Waals surface area contributed by atoms with Gasteiger partial charge in [0.15, 0.2) is 0 Å². The Labute approximate surface area is 67.1 Å². The van der Waals surface area contributed by atoms with E-state index in [1.807, 2.05) is 0 Å². The molecule has 0 aromatic heterocycles. The molecule has 0 bridgehead atoms. The van der Waals surface area contributed by atoms with E-state index in [1.54, 1.807) is 0 Å². The Morgan fingerprint density at radius 3 is 2.82 bits per heavy atom. The molecule has 1 unspecified atom stereocenters. The zero-order valence-electron chi connectivity index (χ0n) is 7.09. The van der Waals surface area contributed by atoms with Crippen molar-refractivity contribution in [2.45, 2.75) is 25.8 Å². The molecular weight excluding hydrogens is 142 g/mol. The minimum Gasteiger partial charge on any atom is -0.468 e. The summed E-state index contributed by atoms with van der Waals surface area (Å²) in [6.45, 7) is 2.45. The lowest BCUT2D eigenvalue weighted by Gasteiger charge is -2.10. The number of hydrogen-bond donors (Lipinski definition) is 1. The van der Waals surface area contributed by atoms with Crippen LogP contribution in [0.3, 0.4) is 0 Å². The number of rotatable bonds is 4. The molecule has 0 aliphatic heterocycles. The van der Waals surface area contributed by atoms with Gasteiger partial charge in [-0.2, -0.15) is 0 Å². The summed E-state index contributed by atoms with van der Waals surface area (Å²) < 4.78 is 4.50. The first-order chi connectivity index (χ1) is 5.24. The van der Waals surface area contributed by atoms with Crippen LogP contribution in [0, 0.1) is 5.92 Å². The van der Waals surface area contributed by atoms with E-state index in [1.165, 1.54) is 20.0 Å². The molecule has 0 aromatic carbocycles. The second-order valence-corrected chi connectivity index (χ2v) is 3.08. The highest BCUT2D eigenvalue weighted by Crippen LogP contribution is 2.32. The zero-order valence-corrected chi connectivity index (χ0v) is 7.09. The summed E-state index contributed by atoms with van der Waals surface area (Å²) in [6.07, 6.45) is 2.60. The van der Waals surface area contributed by atoms with Crippen LogP contribution < -0.4 is 5.32 Å². The van der Waals surface area contributed by atoms with E-state index in [0.717, 1.165) is 5.92 Å². The molecule has 1 rings (SSSR count). The molecule has 0 aromatic rings. The maximum atomic E-state index is 10.7. The summed E-state index contributed by atoms with van der Waals surface area (Å²) in [5.41, 5.74) is 0. The molecule has 1 fully saturated rings. The van der Waals surface area contributed by atoms with Gasteiger partial charge in [0.2, 0.25) is 0 Å². The fourth-order valence-electron chi connectivity index (χ4n) is 1.08. The van der Waals surface area contributed by atoms with Gasteiger partial charge in [0.05, 0.1) is 13.7 Å². The highest BCUT2D eigenvalue weighted by molar-refractivity contribution is 5.71. The highest BCUT2D eigenvalue weighted by Gasteiger charge is 2.27. The molecule has 11 heavy (non-hydrogen) atoms. The van der Waals surface area contributed by atoms with Crippen LogP contribution >= 0.6 is 0 Å². The zero-order chi connectivity index (χ0) is 8.27. The van der Waals surface area contributed by atoms with Crippen LogP contribution in [-0.4, -0.2) is 25.7 Å². The first-order valence-corrected chi connectivity index (χ1v) is 4.04. The molecule has 0 amide bonds. The van der Waals surface area contributed by atoms with E-state index in [4.69, 9.17) is 0 Å². The topological polar surface area (TPSA) is 38.3 Å². The summed E-state index contributed by atoms with van der Waals surface area (Å²) in [4.78, 5) is 10.7. The standard InChI is InChI=1S/C8H15NO2/c1-6(7-3-4-7)9-5-8(10)11-2/h6-7,9H,3-5H2,1-2H3. The van der Waals surface area contributed by atoms with Gasteiger partial charge in [0.25, 0.3) is 0 Å². The Hall–Kier alpha value is -0.570. The molecule has 0 heterocycles. The summed E-state index contributed by atoms with van der Waals surface area (Å²) >= 11 is 0. The van der Waals surface area contributed by atoms with Gasteiger partial charge < -0.3 is 10.1 Å². The van der Waals surface area contributed by atoms with Crippen molar-refractivity contribution in [1.82, 2.24) is 5.32 Å². The van der Waals surface area contributed by atoms with Crippen LogP contribution in [0.25, 0.3) is 0 Å². The van der Waals surface area contributed by atoms with Gasteiger partial charge in [0.1, 0.15) is 0 Å². The maximum Gasteiger partial charge on any atom is 0.319 e. The lowest BCUT2D eigenvalue weighted by atomic mass is 10.2. The largest absolute Gasteiger partial charge is 0.468 e. The molecule has 1 aliphatic rings. The predicted octanol–water partition coefficient (Wildman–Crippen LogP) is 0.547.